The molecule has 1 aromatic rings. The molecule has 0 aromatic heterocycles. The summed E-state index contributed by atoms with van der Waals surface area (Å²) < 4.78 is 10.9. The molecule has 3 amide bonds. The van der Waals surface area contributed by atoms with Crippen molar-refractivity contribution in [1.29, 1.82) is 0 Å². The van der Waals surface area contributed by atoms with Crippen molar-refractivity contribution in [2.45, 2.75) is 19.3 Å². The molecule has 0 N–H and O–H groups in total. The van der Waals surface area contributed by atoms with Gasteiger partial charge >= 0.3 is 6.03 Å². The van der Waals surface area contributed by atoms with Gasteiger partial charge in [0.25, 0.3) is 11.6 Å². The van der Waals surface area contributed by atoms with Crippen LogP contribution >= 0.6 is 0 Å². The smallest absolute Gasteiger partial charge is 0.320 e. The summed E-state index contributed by atoms with van der Waals surface area (Å²) in [5, 5.41) is 11.5. The third-order valence-electron chi connectivity index (χ3n) is 5.55. The number of carbonyl (C=O) groups is 2. The van der Waals surface area contributed by atoms with E-state index in [1.165, 1.54) is 12.1 Å². The zero-order valence-electron chi connectivity index (χ0n) is 16.2. The molecule has 3 aliphatic rings. The van der Waals surface area contributed by atoms with Gasteiger partial charge in [0, 0.05) is 45.3 Å². The van der Waals surface area contributed by atoms with Crippen molar-refractivity contribution in [3.63, 3.8) is 0 Å². The van der Waals surface area contributed by atoms with E-state index in [2.05, 4.69) is 0 Å². The molecule has 4 rings (SSSR count). The Balaban J connectivity index is 1.45. The number of hydrogen-bond acceptors (Lipinski definition) is 6. The second-order valence-electron chi connectivity index (χ2n) is 7.38. The Morgan fingerprint density at radius 1 is 0.828 bits per heavy atom. The molecule has 0 aliphatic carbocycles. The van der Waals surface area contributed by atoms with E-state index in [4.69, 9.17) is 9.47 Å². The highest BCUT2D eigenvalue weighted by Gasteiger charge is 2.32. The number of hydrogen-bond donors (Lipinski definition) is 0. The van der Waals surface area contributed by atoms with Gasteiger partial charge in [-0.1, -0.05) is 0 Å². The van der Waals surface area contributed by atoms with Crippen LogP contribution in [0.4, 0.5) is 10.5 Å². The number of likely N-dealkylation sites (tertiary alicyclic amines) is 1. The molecule has 3 heterocycles. The van der Waals surface area contributed by atoms with Crippen molar-refractivity contribution < 1.29 is 24.0 Å². The topological polar surface area (TPSA) is 105 Å². The van der Waals surface area contributed by atoms with Crippen molar-refractivity contribution in [3.8, 4) is 11.5 Å². The average Bonchev–Trinajstić information content (AvgIpc) is 2.78. The van der Waals surface area contributed by atoms with Gasteiger partial charge in [-0.3, -0.25) is 14.9 Å². The molecule has 10 heteroatoms. The number of piperazine rings is 1. The first-order chi connectivity index (χ1) is 14.0. The number of nitro groups is 1. The van der Waals surface area contributed by atoms with Crippen LogP contribution in [0.2, 0.25) is 0 Å². The summed E-state index contributed by atoms with van der Waals surface area (Å²) >= 11 is 0. The van der Waals surface area contributed by atoms with Gasteiger partial charge in [-0.2, -0.15) is 0 Å². The summed E-state index contributed by atoms with van der Waals surface area (Å²) in [6.07, 6.45) is 3.20. The van der Waals surface area contributed by atoms with Gasteiger partial charge in [0.1, 0.15) is 18.8 Å². The molecule has 0 unspecified atom stereocenters. The molecule has 3 aliphatic heterocycles. The Labute approximate surface area is 168 Å². The monoisotopic (exact) mass is 404 g/mol. The summed E-state index contributed by atoms with van der Waals surface area (Å²) in [7, 11) is 0. The first-order valence-electron chi connectivity index (χ1n) is 9.96. The fraction of sp³-hybridized carbons (Fsp3) is 0.579. The minimum Gasteiger partial charge on any atom is -0.486 e. The third kappa shape index (κ3) is 3.92. The molecular weight excluding hydrogens is 380 g/mol. The van der Waals surface area contributed by atoms with Crippen molar-refractivity contribution in [1.82, 2.24) is 14.7 Å². The van der Waals surface area contributed by atoms with Crippen LogP contribution in [-0.2, 0) is 0 Å². The predicted octanol–water partition coefficient (Wildman–Crippen LogP) is 1.73. The van der Waals surface area contributed by atoms with Gasteiger partial charge < -0.3 is 24.2 Å². The molecule has 1 aromatic carbocycles. The summed E-state index contributed by atoms with van der Waals surface area (Å²) in [5.74, 6) is 0.180. The number of nitrogens with zero attached hydrogens (tertiary/aromatic N) is 4. The zero-order chi connectivity index (χ0) is 20.4. The van der Waals surface area contributed by atoms with E-state index >= 15 is 0 Å². The Hall–Kier alpha value is -3.04. The normalized spacial score (nSPS) is 19.1. The van der Waals surface area contributed by atoms with E-state index in [1.807, 2.05) is 4.90 Å². The Kier molecular flexibility index (Phi) is 5.41. The summed E-state index contributed by atoms with van der Waals surface area (Å²) in [5.41, 5.74) is -0.318. The minimum absolute atomic E-state index is 0.0158. The first-order valence-corrected chi connectivity index (χ1v) is 9.96. The molecule has 2 fully saturated rings. The first kappa shape index (κ1) is 19.3. The fourth-order valence-corrected chi connectivity index (χ4v) is 3.96. The van der Waals surface area contributed by atoms with Crippen molar-refractivity contribution in [2.75, 3.05) is 52.5 Å². The number of carbonyl (C=O) groups excluding carboxylic acids is 2. The number of fused-ring (bicyclic) bond motifs is 1. The maximum Gasteiger partial charge on any atom is 0.320 e. The van der Waals surface area contributed by atoms with Crippen LogP contribution in [0.5, 0.6) is 11.5 Å². The van der Waals surface area contributed by atoms with Gasteiger partial charge in [0.2, 0.25) is 0 Å². The van der Waals surface area contributed by atoms with E-state index in [0.29, 0.717) is 45.1 Å². The van der Waals surface area contributed by atoms with E-state index in [9.17, 15) is 19.7 Å². The zero-order valence-corrected chi connectivity index (χ0v) is 16.2. The Morgan fingerprint density at radius 3 is 2.00 bits per heavy atom. The van der Waals surface area contributed by atoms with Gasteiger partial charge in [-0.05, 0) is 19.3 Å². The van der Waals surface area contributed by atoms with Crippen LogP contribution in [0.25, 0.3) is 0 Å². The number of amides is 3. The van der Waals surface area contributed by atoms with Gasteiger partial charge in [0.05, 0.1) is 11.0 Å². The molecule has 0 bridgehead atoms. The van der Waals surface area contributed by atoms with Crippen LogP contribution in [0.3, 0.4) is 0 Å². The van der Waals surface area contributed by atoms with Crippen molar-refractivity contribution in [3.05, 3.63) is 27.8 Å². The summed E-state index contributed by atoms with van der Waals surface area (Å²) in [4.78, 5) is 41.7. The van der Waals surface area contributed by atoms with Crippen LogP contribution in [0.15, 0.2) is 12.1 Å². The maximum atomic E-state index is 13.0. The maximum absolute atomic E-state index is 13.0. The average molecular weight is 404 g/mol. The van der Waals surface area contributed by atoms with Crippen molar-refractivity contribution >= 4 is 17.6 Å². The van der Waals surface area contributed by atoms with Crippen LogP contribution in [0, 0.1) is 10.1 Å². The largest absolute Gasteiger partial charge is 0.486 e. The molecule has 0 spiro atoms. The second-order valence-corrected chi connectivity index (χ2v) is 7.38. The fourth-order valence-electron chi connectivity index (χ4n) is 3.96. The van der Waals surface area contributed by atoms with Crippen LogP contribution in [0.1, 0.15) is 29.6 Å². The lowest BCUT2D eigenvalue weighted by molar-refractivity contribution is -0.385. The van der Waals surface area contributed by atoms with E-state index in [0.717, 1.165) is 32.4 Å². The summed E-state index contributed by atoms with van der Waals surface area (Å²) in [6.45, 7) is 3.70. The second kappa shape index (κ2) is 8.14. The highest BCUT2D eigenvalue weighted by atomic mass is 16.6. The minimum atomic E-state index is -0.582. The van der Waals surface area contributed by atoms with Gasteiger partial charge in [-0.15, -0.1) is 0 Å². The standard InChI is InChI=1S/C19H24N4O6/c24-18(14-12-16-17(29-11-10-28-16)13-15(14)23(26)27)20-6-8-22(9-7-20)19(25)21-4-2-1-3-5-21/h12-13H,1-11H2. The highest BCUT2D eigenvalue weighted by Crippen LogP contribution is 2.37. The lowest BCUT2D eigenvalue weighted by Crippen LogP contribution is -2.54. The SMILES string of the molecule is O=C(c1cc2c(cc1[N+](=O)[O-])OCCO2)N1CCN(C(=O)N2CCCCC2)CC1. The number of urea groups is 1. The van der Waals surface area contributed by atoms with Crippen LogP contribution in [-0.4, -0.2) is 84.0 Å². The molecule has 2 saturated heterocycles. The molecule has 156 valence electrons. The Bertz CT molecular complexity index is 815. The molecule has 29 heavy (non-hydrogen) atoms. The van der Waals surface area contributed by atoms with Crippen molar-refractivity contribution in [2.24, 2.45) is 0 Å². The molecular formula is C19H24N4O6. The molecule has 0 saturated carbocycles. The van der Waals surface area contributed by atoms with E-state index < -0.39 is 10.8 Å². The van der Waals surface area contributed by atoms with Crippen LogP contribution < -0.4 is 9.47 Å². The lowest BCUT2D eigenvalue weighted by atomic mass is 10.1. The molecule has 0 atom stereocenters. The number of rotatable bonds is 2. The lowest BCUT2D eigenvalue weighted by Gasteiger charge is -2.38. The number of benzene rings is 1. The summed E-state index contributed by atoms with van der Waals surface area (Å²) in [6, 6.07) is 2.65. The number of ether oxygens (including phenoxy) is 2. The van der Waals surface area contributed by atoms with E-state index in [-0.39, 0.29) is 23.0 Å². The molecule has 0 radical (unpaired) electrons. The molecule has 10 nitrogen and oxygen atoms in total. The third-order valence-corrected chi connectivity index (χ3v) is 5.55. The quantitative estimate of drug-likeness (QED) is 0.549. The van der Waals surface area contributed by atoms with Gasteiger partial charge in [-0.25, -0.2) is 4.79 Å². The van der Waals surface area contributed by atoms with Gasteiger partial charge in [0.15, 0.2) is 11.5 Å². The Morgan fingerprint density at radius 2 is 1.38 bits per heavy atom. The number of piperidine rings is 1. The predicted molar refractivity (Wildman–Crippen MR) is 102 cm³/mol. The highest BCUT2D eigenvalue weighted by molar-refractivity contribution is 5.99. The number of nitro benzene ring substituents is 1. The van der Waals surface area contributed by atoms with E-state index in [1.54, 1.807) is 9.80 Å².